The molecule has 2 aromatic rings. The van der Waals surface area contributed by atoms with Gasteiger partial charge in [0.1, 0.15) is 6.10 Å². The van der Waals surface area contributed by atoms with Crippen LogP contribution in [-0.4, -0.2) is 50.2 Å². The van der Waals surface area contributed by atoms with E-state index in [-0.39, 0.29) is 18.4 Å². The highest BCUT2D eigenvalue weighted by atomic mass is 35.5. The van der Waals surface area contributed by atoms with Gasteiger partial charge in [-0.1, -0.05) is 11.6 Å². The van der Waals surface area contributed by atoms with E-state index in [1.165, 1.54) is 23.2 Å². The molecule has 2 saturated heterocycles. The Morgan fingerprint density at radius 2 is 2.00 bits per heavy atom. The van der Waals surface area contributed by atoms with E-state index >= 15 is 0 Å². The van der Waals surface area contributed by atoms with Crippen molar-refractivity contribution in [2.45, 2.75) is 25.9 Å². The summed E-state index contributed by atoms with van der Waals surface area (Å²) in [5.41, 5.74) is 2.25. The lowest BCUT2D eigenvalue weighted by Gasteiger charge is -2.23. The Labute approximate surface area is 189 Å². The quantitative estimate of drug-likeness (QED) is 0.682. The van der Waals surface area contributed by atoms with Crippen LogP contribution in [0, 0.1) is 0 Å². The number of carbonyl (C=O) groups is 3. The van der Waals surface area contributed by atoms with Gasteiger partial charge in [-0.2, -0.15) is 0 Å². The maximum absolute atomic E-state index is 12.5. The monoisotopic (exact) mass is 462 g/mol. The molecule has 1 aromatic heterocycles. The number of nitrogens with one attached hydrogen (secondary N) is 2. The summed E-state index contributed by atoms with van der Waals surface area (Å²) < 4.78 is 5.96. The molecule has 10 heteroatoms. The van der Waals surface area contributed by atoms with Gasteiger partial charge in [-0.3, -0.25) is 14.5 Å². The van der Waals surface area contributed by atoms with Crippen molar-refractivity contribution in [3.05, 3.63) is 39.5 Å². The summed E-state index contributed by atoms with van der Waals surface area (Å²) in [5, 5.41) is 5.65. The molecule has 3 heterocycles. The van der Waals surface area contributed by atoms with Crippen LogP contribution in [-0.2, 0) is 9.53 Å². The van der Waals surface area contributed by atoms with Crippen LogP contribution in [0.1, 0.15) is 29.4 Å². The molecule has 0 radical (unpaired) electrons. The molecule has 0 saturated carbocycles. The van der Waals surface area contributed by atoms with Gasteiger partial charge in [0.25, 0.3) is 5.91 Å². The molecule has 3 amide bonds. The van der Waals surface area contributed by atoms with Crippen LogP contribution in [0.3, 0.4) is 0 Å². The van der Waals surface area contributed by atoms with E-state index < -0.39 is 12.2 Å². The fourth-order valence-electron chi connectivity index (χ4n) is 3.78. The van der Waals surface area contributed by atoms with Crippen molar-refractivity contribution in [3.63, 3.8) is 0 Å². The molecule has 1 atom stereocenters. The van der Waals surface area contributed by atoms with Crippen molar-refractivity contribution < 1.29 is 19.1 Å². The van der Waals surface area contributed by atoms with E-state index in [0.29, 0.717) is 27.1 Å². The summed E-state index contributed by atoms with van der Waals surface area (Å²) in [7, 11) is 0. The smallest absolute Gasteiger partial charge is 0.414 e. The Kier molecular flexibility index (Phi) is 6.33. The van der Waals surface area contributed by atoms with Crippen LogP contribution in [0.2, 0.25) is 4.34 Å². The second kappa shape index (κ2) is 9.15. The summed E-state index contributed by atoms with van der Waals surface area (Å²) in [6.45, 7) is 3.84. The number of rotatable bonds is 6. The van der Waals surface area contributed by atoms with Crippen LogP contribution in [0.25, 0.3) is 0 Å². The topological polar surface area (TPSA) is 91.0 Å². The standard InChI is InChI=1S/C21H23ClN4O4S/c1-13(27)24-16-10-14(4-5-17(16)25-8-2-3-9-25)26-12-15(30-21(26)29)11-23-20(28)18-6-7-19(22)31-18/h4-7,10,15H,2-3,8-9,11-12H2,1H3,(H,23,28)(H,24,27). The van der Waals surface area contributed by atoms with Gasteiger partial charge >= 0.3 is 6.09 Å². The summed E-state index contributed by atoms with van der Waals surface area (Å²) in [4.78, 5) is 40.6. The van der Waals surface area contributed by atoms with Gasteiger partial charge in [0.2, 0.25) is 5.91 Å². The number of hydrogen-bond donors (Lipinski definition) is 2. The summed E-state index contributed by atoms with van der Waals surface area (Å²) in [6, 6.07) is 8.90. The number of hydrogen-bond acceptors (Lipinski definition) is 6. The number of cyclic esters (lactones) is 1. The minimum Gasteiger partial charge on any atom is -0.442 e. The third-order valence-corrected chi connectivity index (χ3v) is 6.44. The van der Waals surface area contributed by atoms with Crippen molar-refractivity contribution in [2.75, 3.05) is 41.3 Å². The lowest BCUT2D eigenvalue weighted by atomic mass is 10.2. The molecule has 8 nitrogen and oxygen atoms in total. The van der Waals surface area contributed by atoms with Gasteiger partial charge in [-0.05, 0) is 43.2 Å². The summed E-state index contributed by atoms with van der Waals surface area (Å²) in [5.74, 6) is -0.426. The molecule has 1 unspecified atom stereocenters. The van der Waals surface area contributed by atoms with E-state index in [1.54, 1.807) is 18.2 Å². The van der Waals surface area contributed by atoms with Crippen LogP contribution in [0.5, 0.6) is 0 Å². The minimum atomic E-state index is -0.485. The average Bonchev–Trinajstić information content (AvgIpc) is 3.47. The van der Waals surface area contributed by atoms with E-state index in [9.17, 15) is 14.4 Å². The highest BCUT2D eigenvalue weighted by Gasteiger charge is 2.33. The maximum Gasteiger partial charge on any atom is 0.414 e. The zero-order valence-electron chi connectivity index (χ0n) is 17.0. The summed E-state index contributed by atoms with van der Waals surface area (Å²) in [6.07, 6.45) is 1.27. The average molecular weight is 463 g/mol. The molecule has 31 heavy (non-hydrogen) atoms. The van der Waals surface area contributed by atoms with Gasteiger partial charge in [-0.25, -0.2) is 4.79 Å². The molecule has 0 spiro atoms. The van der Waals surface area contributed by atoms with Crippen molar-refractivity contribution in [2.24, 2.45) is 0 Å². The highest BCUT2D eigenvalue weighted by Crippen LogP contribution is 2.34. The number of anilines is 3. The number of carbonyl (C=O) groups excluding carboxylic acids is 3. The van der Waals surface area contributed by atoms with Gasteiger partial charge < -0.3 is 20.3 Å². The van der Waals surface area contributed by atoms with Crippen molar-refractivity contribution in [1.82, 2.24) is 5.32 Å². The number of thiophene rings is 1. The van der Waals surface area contributed by atoms with E-state index in [4.69, 9.17) is 16.3 Å². The first-order valence-electron chi connectivity index (χ1n) is 10.1. The van der Waals surface area contributed by atoms with E-state index in [0.717, 1.165) is 31.6 Å². The van der Waals surface area contributed by atoms with Gasteiger partial charge in [0.15, 0.2) is 0 Å². The lowest BCUT2D eigenvalue weighted by Crippen LogP contribution is -2.34. The SMILES string of the molecule is CC(=O)Nc1cc(N2CC(CNC(=O)c3ccc(Cl)s3)OC2=O)ccc1N1CCCC1. The van der Waals surface area contributed by atoms with Crippen LogP contribution < -0.4 is 20.4 Å². The lowest BCUT2D eigenvalue weighted by molar-refractivity contribution is -0.114. The Bertz CT molecular complexity index is 1010. The largest absolute Gasteiger partial charge is 0.442 e. The van der Waals surface area contributed by atoms with Gasteiger partial charge in [-0.15, -0.1) is 11.3 Å². The van der Waals surface area contributed by atoms with Gasteiger partial charge in [0.05, 0.1) is 33.7 Å². The highest BCUT2D eigenvalue weighted by molar-refractivity contribution is 7.18. The Morgan fingerprint density at radius 3 is 2.68 bits per heavy atom. The first-order valence-corrected chi connectivity index (χ1v) is 11.3. The summed E-state index contributed by atoms with van der Waals surface area (Å²) >= 11 is 7.06. The predicted molar refractivity (Wildman–Crippen MR) is 121 cm³/mol. The molecule has 0 bridgehead atoms. The molecule has 2 N–H and O–H groups in total. The fourth-order valence-corrected chi connectivity index (χ4v) is 4.74. The third kappa shape index (κ3) is 4.94. The number of amides is 3. The normalized spacial score (nSPS) is 18.3. The second-order valence-electron chi connectivity index (χ2n) is 7.51. The third-order valence-electron chi connectivity index (χ3n) is 5.21. The van der Waals surface area contributed by atoms with Crippen LogP contribution in [0.15, 0.2) is 30.3 Å². The number of halogens is 1. The van der Waals surface area contributed by atoms with Crippen molar-refractivity contribution in [1.29, 1.82) is 0 Å². The molecule has 164 valence electrons. The minimum absolute atomic E-state index is 0.170. The molecule has 0 aliphatic carbocycles. The Hall–Kier alpha value is -2.78. The maximum atomic E-state index is 12.5. The first kappa shape index (κ1) is 21.5. The fraction of sp³-hybridized carbons (Fsp3) is 0.381. The van der Waals surface area contributed by atoms with E-state index in [2.05, 4.69) is 15.5 Å². The molecule has 4 rings (SSSR count). The number of benzene rings is 1. The van der Waals surface area contributed by atoms with Crippen molar-refractivity contribution in [3.8, 4) is 0 Å². The van der Waals surface area contributed by atoms with Crippen LogP contribution >= 0.6 is 22.9 Å². The Morgan fingerprint density at radius 1 is 1.23 bits per heavy atom. The zero-order chi connectivity index (χ0) is 22.0. The van der Waals surface area contributed by atoms with Gasteiger partial charge in [0, 0.05) is 25.7 Å². The molecular weight excluding hydrogens is 440 g/mol. The number of ether oxygens (including phenoxy) is 1. The first-order chi connectivity index (χ1) is 14.9. The molecular formula is C21H23ClN4O4S. The van der Waals surface area contributed by atoms with Crippen LogP contribution in [0.4, 0.5) is 21.9 Å². The molecule has 2 fully saturated rings. The zero-order valence-corrected chi connectivity index (χ0v) is 18.6. The Balaban J connectivity index is 1.44. The second-order valence-corrected chi connectivity index (χ2v) is 9.22. The molecule has 2 aliphatic rings. The number of nitrogens with zero attached hydrogens (tertiary/aromatic N) is 2. The molecule has 1 aromatic carbocycles. The van der Waals surface area contributed by atoms with E-state index in [1.807, 2.05) is 12.1 Å². The predicted octanol–water partition coefficient (Wildman–Crippen LogP) is 3.72. The molecule has 2 aliphatic heterocycles. The van der Waals surface area contributed by atoms with Crippen molar-refractivity contribution >= 4 is 57.9 Å².